The molecule has 2 heterocycles. The van der Waals surface area contributed by atoms with Gasteiger partial charge >= 0.3 is 0 Å². The van der Waals surface area contributed by atoms with Crippen LogP contribution in [0.1, 0.15) is 44.9 Å². The first-order valence-corrected chi connectivity index (χ1v) is 7.52. The number of hydrogen-bond acceptors (Lipinski definition) is 3. The van der Waals surface area contributed by atoms with Crippen LogP contribution in [0, 0.1) is 0 Å². The van der Waals surface area contributed by atoms with E-state index in [1.165, 1.54) is 25.7 Å². The van der Waals surface area contributed by atoms with Gasteiger partial charge in [0, 0.05) is 6.54 Å². The Bertz CT molecular complexity index is 300. The van der Waals surface area contributed by atoms with E-state index in [1.807, 2.05) is 0 Å². The van der Waals surface area contributed by atoms with Crippen LogP contribution in [-0.4, -0.2) is 48.7 Å². The number of rotatable bonds is 1. The van der Waals surface area contributed by atoms with Crippen LogP contribution in [0.4, 0.5) is 0 Å². The number of nitrogens with one attached hydrogen (secondary N) is 1. The molecular formula is C14H24N2O2. The molecule has 3 aliphatic rings. The van der Waals surface area contributed by atoms with Gasteiger partial charge in [-0.2, -0.15) is 0 Å². The molecule has 18 heavy (non-hydrogen) atoms. The largest absolute Gasteiger partial charge is 0.374 e. The fourth-order valence-corrected chi connectivity index (χ4v) is 3.64. The summed E-state index contributed by atoms with van der Waals surface area (Å²) in [6, 6.07) is 0.420. The number of carbonyl (C=O) groups is 1. The minimum Gasteiger partial charge on any atom is -0.374 e. The first-order chi connectivity index (χ1) is 8.86. The Balaban J connectivity index is 1.66. The fraction of sp³-hybridized carbons (Fsp3) is 0.929. The minimum atomic E-state index is 0.0619. The second-order valence-electron chi connectivity index (χ2n) is 5.80. The van der Waals surface area contributed by atoms with Gasteiger partial charge in [0.25, 0.3) is 0 Å². The van der Waals surface area contributed by atoms with Crippen molar-refractivity contribution in [3.05, 3.63) is 0 Å². The number of amides is 1. The molecule has 2 aliphatic heterocycles. The highest BCUT2D eigenvalue weighted by molar-refractivity contribution is 5.82. The Morgan fingerprint density at radius 1 is 1.11 bits per heavy atom. The van der Waals surface area contributed by atoms with Crippen molar-refractivity contribution in [3.8, 4) is 0 Å². The molecule has 3 rings (SSSR count). The van der Waals surface area contributed by atoms with Crippen molar-refractivity contribution < 1.29 is 9.53 Å². The van der Waals surface area contributed by atoms with Crippen LogP contribution in [0.25, 0.3) is 0 Å². The van der Waals surface area contributed by atoms with Gasteiger partial charge < -0.3 is 15.0 Å². The van der Waals surface area contributed by atoms with Gasteiger partial charge in [0.05, 0.1) is 24.8 Å². The number of ether oxygens (including phenoxy) is 1. The predicted octanol–water partition coefficient (Wildman–Crippen LogP) is 1.30. The van der Waals surface area contributed by atoms with E-state index in [2.05, 4.69) is 10.2 Å². The van der Waals surface area contributed by atoms with Crippen LogP contribution in [-0.2, 0) is 9.53 Å². The number of nitrogens with zero attached hydrogens (tertiary/aromatic N) is 1. The molecule has 0 bridgehead atoms. The van der Waals surface area contributed by atoms with Crippen molar-refractivity contribution in [2.75, 3.05) is 19.7 Å². The standard InChI is InChI=1S/C14H24N2O2/c17-14(11-5-2-1-3-8-15-11)16-9-10-18-13-7-4-6-12(13)16/h11-13,15H,1-10H2. The lowest BCUT2D eigenvalue weighted by Gasteiger charge is -2.39. The lowest BCUT2D eigenvalue weighted by Crippen LogP contribution is -2.56. The van der Waals surface area contributed by atoms with Gasteiger partial charge in [-0.1, -0.05) is 12.8 Å². The molecule has 0 aromatic heterocycles. The van der Waals surface area contributed by atoms with E-state index in [-0.39, 0.29) is 6.04 Å². The predicted molar refractivity (Wildman–Crippen MR) is 69.4 cm³/mol. The van der Waals surface area contributed by atoms with Crippen molar-refractivity contribution in [1.29, 1.82) is 0 Å². The van der Waals surface area contributed by atoms with E-state index in [1.54, 1.807) is 0 Å². The van der Waals surface area contributed by atoms with Crippen molar-refractivity contribution in [1.82, 2.24) is 10.2 Å². The topological polar surface area (TPSA) is 41.6 Å². The molecule has 4 nitrogen and oxygen atoms in total. The quantitative estimate of drug-likeness (QED) is 0.765. The molecule has 1 N–H and O–H groups in total. The molecule has 0 aromatic rings. The molecule has 0 spiro atoms. The molecule has 102 valence electrons. The lowest BCUT2D eigenvalue weighted by atomic mass is 10.1. The monoisotopic (exact) mass is 252 g/mol. The average molecular weight is 252 g/mol. The first-order valence-electron chi connectivity index (χ1n) is 7.52. The number of fused-ring (bicyclic) bond motifs is 1. The summed E-state index contributed by atoms with van der Waals surface area (Å²) in [4.78, 5) is 14.8. The Morgan fingerprint density at radius 3 is 3.00 bits per heavy atom. The van der Waals surface area contributed by atoms with E-state index in [9.17, 15) is 4.79 Å². The Labute approximate surface area is 109 Å². The molecular weight excluding hydrogens is 228 g/mol. The van der Waals surface area contributed by atoms with Gasteiger partial charge in [0.15, 0.2) is 0 Å². The highest BCUT2D eigenvalue weighted by atomic mass is 16.5. The van der Waals surface area contributed by atoms with Crippen LogP contribution >= 0.6 is 0 Å². The Hall–Kier alpha value is -0.610. The fourth-order valence-electron chi connectivity index (χ4n) is 3.64. The van der Waals surface area contributed by atoms with Crippen LogP contribution in [0.15, 0.2) is 0 Å². The summed E-state index contributed by atoms with van der Waals surface area (Å²) in [5.74, 6) is 0.331. The Kier molecular flexibility index (Phi) is 3.85. The summed E-state index contributed by atoms with van der Waals surface area (Å²) in [6.07, 6.45) is 8.43. The number of hydrogen-bond donors (Lipinski definition) is 1. The van der Waals surface area contributed by atoms with Crippen LogP contribution in [0.3, 0.4) is 0 Å². The zero-order valence-electron chi connectivity index (χ0n) is 11.1. The summed E-state index contributed by atoms with van der Waals surface area (Å²) >= 11 is 0. The van der Waals surface area contributed by atoms with E-state index < -0.39 is 0 Å². The second kappa shape index (κ2) is 5.57. The molecule has 1 saturated carbocycles. The van der Waals surface area contributed by atoms with Crippen molar-refractivity contribution in [2.45, 2.75) is 63.1 Å². The van der Waals surface area contributed by atoms with Gasteiger partial charge in [0.1, 0.15) is 0 Å². The SMILES string of the molecule is O=C(C1CCCCCN1)N1CCOC2CCCC21. The van der Waals surface area contributed by atoms with Gasteiger partial charge in [-0.05, 0) is 38.6 Å². The molecule has 0 radical (unpaired) electrons. The highest BCUT2D eigenvalue weighted by Gasteiger charge is 2.40. The van der Waals surface area contributed by atoms with Gasteiger partial charge in [-0.15, -0.1) is 0 Å². The van der Waals surface area contributed by atoms with Gasteiger partial charge in [0.2, 0.25) is 5.91 Å². The maximum absolute atomic E-state index is 12.7. The van der Waals surface area contributed by atoms with Crippen LogP contribution in [0.2, 0.25) is 0 Å². The third-order valence-corrected chi connectivity index (χ3v) is 4.62. The zero-order chi connectivity index (χ0) is 12.4. The van der Waals surface area contributed by atoms with Gasteiger partial charge in [-0.25, -0.2) is 0 Å². The Morgan fingerprint density at radius 2 is 2.06 bits per heavy atom. The van der Waals surface area contributed by atoms with E-state index >= 15 is 0 Å². The molecule has 1 amide bonds. The lowest BCUT2D eigenvalue weighted by molar-refractivity contribution is -0.146. The smallest absolute Gasteiger partial charge is 0.240 e. The maximum Gasteiger partial charge on any atom is 0.240 e. The highest BCUT2D eigenvalue weighted by Crippen LogP contribution is 2.30. The van der Waals surface area contributed by atoms with E-state index in [0.717, 1.165) is 39.0 Å². The molecule has 3 atom stereocenters. The maximum atomic E-state index is 12.7. The zero-order valence-corrected chi connectivity index (χ0v) is 11.1. The summed E-state index contributed by atoms with van der Waals surface area (Å²) < 4.78 is 5.78. The summed E-state index contributed by atoms with van der Waals surface area (Å²) in [6.45, 7) is 2.51. The van der Waals surface area contributed by atoms with E-state index in [4.69, 9.17) is 4.74 Å². The third kappa shape index (κ3) is 2.41. The van der Waals surface area contributed by atoms with Crippen LogP contribution in [0.5, 0.6) is 0 Å². The van der Waals surface area contributed by atoms with Crippen LogP contribution < -0.4 is 5.32 Å². The van der Waals surface area contributed by atoms with Crippen molar-refractivity contribution >= 4 is 5.91 Å². The van der Waals surface area contributed by atoms with Gasteiger partial charge in [-0.3, -0.25) is 4.79 Å². The van der Waals surface area contributed by atoms with Crippen molar-refractivity contribution in [2.24, 2.45) is 0 Å². The first kappa shape index (κ1) is 12.4. The summed E-state index contributed by atoms with van der Waals surface area (Å²) in [7, 11) is 0. The van der Waals surface area contributed by atoms with E-state index in [0.29, 0.717) is 18.1 Å². The minimum absolute atomic E-state index is 0.0619. The molecule has 3 unspecified atom stereocenters. The molecule has 2 saturated heterocycles. The number of carbonyl (C=O) groups excluding carboxylic acids is 1. The molecule has 0 aromatic carbocycles. The average Bonchev–Trinajstić information content (AvgIpc) is 2.71. The summed E-state index contributed by atoms with van der Waals surface area (Å²) in [5.41, 5.74) is 0. The van der Waals surface area contributed by atoms with Crippen molar-refractivity contribution in [3.63, 3.8) is 0 Å². The second-order valence-corrected chi connectivity index (χ2v) is 5.80. The number of morpholine rings is 1. The third-order valence-electron chi connectivity index (χ3n) is 4.62. The molecule has 4 heteroatoms. The molecule has 1 aliphatic carbocycles. The normalized spacial score (nSPS) is 37.1. The molecule has 3 fully saturated rings. The summed E-state index contributed by atoms with van der Waals surface area (Å²) in [5, 5.41) is 3.43.